The number of benzene rings is 1. The van der Waals surface area contributed by atoms with Gasteiger partial charge in [0.15, 0.2) is 5.78 Å². The summed E-state index contributed by atoms with van der Waals surface area (Å²) in [6.07, 6.45) is 4.02. The molecule has 0 N–H and O–H groups in total. The van der Waals surface area contributed by atoms with Gasteiger partial charge in [-0.25, -0.2) is 0 Å². The minimum Gasteiger partial charge on any atom is -0.297 e. The molecule has 0 spiro atoms. The van der Waals surface area contributed by atoms with Gasteiger partial charge in [-0.2, -0.15) is 0 Å². The fraction of sp³-hybridized carbons (Fsp3) is 0.562. The van der Waals surface area contributed by atoms with Crippen molar-refractivity contribution >= 4 is 29.0 Å². The minimum absolute atomic E-state index is 0.0987. The molecule has 0 bridgehead atoms. The molecule has 1 aliphatic carbocycles. The van der Waals surface area contributed by atoms with Crippen molar-refractivity contribution in [2.75, 3.05) is 14.1 Å². The average Bonchev–Trinajstić information content (AvgIpc) is 2.40. The van der Waals surface area contributed by atoms with Crippen molar-refractivity contribution < 1.29 is 4.79 Å². The van der Waals surface area contributed by atoms with E-state index < -0.39 is 5.54 Å². The first-order valence-electron chi connectivity index (χ1n) is 7.05. The van der Waals surface area contributed by atoms with Crippen LogP contribution in [-0.2, 0) is 0 Å². The molecule has 1 fully saturated rings. The van der Waals surface area contributed by atoms with E-state index in [1.165, 1.54) is 6.42 Å². The zero-order chi connectivity index (χ0) is 14.9. The molecule has 0 amide bonds. The van der Waals surface area contributed by atoms with Crippen molar-refractivity contribution in [3.05, 3.63) is 33.8 Å². The molecule has 2 unspecified atom stereocenters. The Morgan fingerprint density at radius 2 is 2.05 bits per heavy atom. The third kappa shape index (κ3) is 2.74. The lowest BCUT2D eigenvalue weighted by molar-refractivity contribution is 0.0486. The molecule has 20 heavy (non-hydrogen) atoms. The SMILES string of the molecule is CC1CCCC(C(=O)c2cccc(Cl)c2Cl)(N(C)C)C1. The van der Waals surface area contributed by atoms with Crippen LogP contribution in [-0.4, -0.2) is 30.3 Å². The second-order valence-corrected chi connectivity index (χ2v) is 6.84. The molecule has 4 heteroatoms. The number of halogens is 2. The van der Waals surface area contributed by atoms with E-state index in [4.69, 9.17) is 23.2 Å². The van der Waals surface area contributed by atoms with Gasteiger partial charge in [0, 0.05) is 5.56 Å². The first kappa shape index (κ1) is 15.8. The normalized spacial score (nSPS) is 26.8. The van der Waals surface area contributed by atoms with Crippen LogP contribution in [0.4, 0.5) is 0 Å². The summed E-state index contributed by atoms with van der Waals surface area (Å²) in [5.41, 5.74) is 0.0911. The van der Waals surface area contributed by atoms with Crippen LogP contribution in [0.25, 0.3) is 0 Å². The van der Waals surface area contributed by atoms with Gasteiger partial charge in [0.2, 0.25) is 0 Å². The number of rotatable bonds is 3. The molecule has 1 aromatic rings. The minimum atomic E-state index is -0.452. The maximum absolute atomic E-state index is 13.1. The lowest BCUT2D eigenvalue weighted by Crippen LogP contribution is -2.53. The Labute approximate surface area is 131 Å². The van der Waals surface area contributed by atoms with E-state index in [0.29, 0.717) is 21.5 Å². The molecule has 2 nitrogen and oxygen atoms in total. The zero-order valence-electron chi connectivity index (χ0n) is 12.2. The van der Waals surface area contributed by atoms with Gasteiger partial charge in [0.05, 0.1) is 15.6 Å². The van der Waals surface area contributed by atoms with E-state index in [9.17, 15) is 4.79 Å². The molecule has 110 valence electrons. The number of Topliss-reactive ketones (excluding diaryl/α,β-unsaturated/α-hetero) is 1. The van der Waals surface area contributed by atoms with Crippen molar-refractivity contribution in [1.82, 2.24) is 4.90 Å². The number of hydrogen-bond donors (Lipinski definition) is 0. The topological polar surface area (TPSA) is 20.3 Å². The highest BCUT2D eigenvalue weighted by Crippen LogP contribution is 2.40. The summed E-state index contributed by atoms with van der Waals surface area (Å²) in [5.74, 6) is 0.648. The number of hydrogen-bond acceptors (Lipinski definition) is 2. The van der Waals surface area contributed by atoms with Gasteiger partial charge < -0.3 is 0 Å². The highest BCUT2D eigenvalue weighted by molar-refractivity contribution is 6.44. The number of ketones is 1. The smallest absolute Gasteiger partial charge is 0.184 e. The van der Waals surface area contributed by atoms with Crippen molar-refractivity contribution in [2.24, 2.45) is 5.92 Å². The second-order valence-electron chi connectivity index (χ2n) is 6.06. The van der Waals surface area contributed by atoms with Crippen LogP contribution >= 0.6 is 23.2 Å². The molecule has 2 atom stereocenters. The standard InChI is InChI=1S/C16H21Cl2NO/c1-11-6-5-9-16(10-11,19(2)3)15(20)12-7-4-8-13(17)14(12)18/h4,7-8,11H,5-6,9-10H2,1-3H3. The third-order valence-corrected chi connectivity index (χ3v) is 5.27. The molecule has 0 saturated heterocycles. The Kier molecular flexibility index (Phi) is 4.78. The van der Waals surface area contributed by atoms with Crippen molar-refractivity contribution in [2.45, 2.75) is 38.1 Å². The number of carbonyl (C=O) groups excluding carboxylic acids is 1. The quantitative estimate of drug-likeness (QED) is 0.755. The van der Waals surface area contributed by atoms with Crippen LogP contribution in [0, 0.1) is 5.92 Å². The third-order valence-electron chi connectivity index (χ3n) is 4.45. The van der Waals surface area contributed by atoms with Crippen molar-refractivity contribution in [3.63, 3.8) is 0 Å². The summed E-state index contributed by atoms with van der Waals surface area (Å²) < 4.78 is 0. The summed E-state index contributed by atoms with van der Waals surface area (Å²) in [6.45, 7) is 2.21. The molecule has 0 heterocycles. The van der Waals surface area contributed by atoms with Crippen molar-refractivity contribution in [1.29, 1.82) is 0 Å². The number of carbonyl (C=O) groups is 1. The monoisotopic (exact) mass is 313 g/mol. The van der Waals surface area contributed by atoms with E-state index in [1.54, 1.807) is 18.2 Å². The molecule has 0 aliphatic heterocycles. The summed E-state index contributed by atoms with van der Waals surface area (Å²) in [6, 6.07) is 5.28. The van der Waals surface area contributed by atoms with Crippen LogP contribution in [0.1, 0.15) is 43.0 Å². The molecular weight excluding hydrogens is 293 g/mol. The molecular formula is C16H21Cl2NO. The Balaban J connectivity index is 2.44. The maximum atomic E-state index is 13.1. The summed E-state index contributed by atoms with van der Waals surface area (Å²) in [5, 5.41) is 0.814. The summed E-state index contributed by atoms with van der Waals surface area (Å²) in [7, 11) is 3.96. The predicted molar refractivity (Wildman–Crippen MR) is 84.8 cm³/mol. The van der Waals surface area contributed by atoms with Crippen LogP contribution in [0.15, 0.2) is 18.2 Å². The summed E-state index contributed by atoms with van der Waals surface area (Å²) >= 11 is 12.3. The van der Waals surface area contributed by atoms with E-state index in [-0.39, 0.29) is 5.78 Å². The van der Waals surface area contributed by atoms with Crippen molar-refractivity contribution in [3.8, 4) is 0 Å². The van der Waals surface area contributed by atoms with Gasteiger partial charge in [-0.15, -0.1) is 0 Å². The number of nitrogens with zero attached hydrogens (tertiary/aromatic N) is 1. The molecule has 1 aliphatic rings. The first-order valence-corrected chi connectivity index (χ1v) is 7.80. The van der Waals surface area contributed by atoms with Gasteiger partial charge in [-0.05, 0) is 45.0 Å². The van der Waals surface area contributed by atoms with Gasteiger partial charge in [-0.1, -0.05) is 49.0 Å². The van der Waals surface area contributed by atoms with Gasteiger partial charge in [-0.3, -0.25) is 9.69 Å². The van der Waals surface area contributed by atoms with Gasteiger partial charge >= 0.3 is 0 Å². The second kappa shape index (κ2) is 6.05. The number of likely N-dealkylation sites (N-methyl/N-ethyl adjacent to an activating group) is 1. The fourth-order valence-corrected chi connectivity index (χ4v) is 3.66. The first-order chi connectivity index (χ1) is 9.38. The van der Waals surface area contributed by atoms with E-state index in [2.05, 4.69) is 11.8 Å². The fourth-order valence-electron chi connectivity index (χ4n) is 3.27. The highest BCUT2D eigenvalue weighted by Gasteiger charge is 2.44. The van der Waals surface area contributed by atoms with Crippen LogP contribution in [0.3, 0.4) is 0 Å². The molecule has 2 rings (SSSR count). The Morgan fingerprint density at radius 1 is 1.35 bits per heavy atom. The zero-order valence-corrected chi connectivity index (χ0v) is 13.8. The van der Waals surface area contributed by atoms with Crippen LogP contribution < -0.4 is 0 Å². The highest BCUT2D eigenvalue weighted by atomic mass is 35.5. The Bertz CT molecular complexity index is 515. The lowest BCUT2D eigenvalue weighted by Gasteiger charge is -2.44. The maximum Gasteiger partial charge on any atom is 0.184 e. The molecule has 0 radical (unpaired) electrons. The average molecular weight is 314 g/mol. The van der Waals surface area contributed by atoms with E-state index >= 15 is 0 Å². The van der Waals surface area contributed by atoms with Gasteiger partial charge in [0.1, 0.15) is 0 Å². The summed E-state index contributed by atoms with van der Waals surface area (Å²) in [4.78, 5) is 15.2. The Morgan fingerprint density at radius 3 is 2.65 bits per heavy atom. The van der Waals surface area contributed by atoms with Crippen LogP contribution in [0.2, 0.25) is 10.0 Å². The van der Waals surface area contributed by atoms with Gasteiger partial charge in [0.25, 0.3) is 0 Å². The lowest BCUT2D eigenvalue weighted by atomic mass is 9.71. The molecule has 0 aromatic heterocycles. The van der Waals surface area contributed by atoms with E-state index in [1.807, 2.05) is 14.1 Å². The Hall–Kier alpha value is -0.570. The molecule has 1 aromatic carbocycles. The largest absolute Gasteiger partial charge is 0.297 e. The predicted octanol–water partition coefficient (Wildman–Crippen LogP) is 4.69. The van der Waals surface area contributed by atoms with E-state index in [0.717, 1.165) is 19.3 Å². The van der Waals surface area contributed by atoms with Crippen LogP contribution in [0.5, 0.6) is 0 Å². The molecule has 1 saturated carbocycles.